The monoisotopic (exact) mass is 256 g/mol. The molecule has 0 aromatic heterocycles. The van der Waals surface area contributed by atoms with Gasteiger partial charge in [-0.2, -0.15) is 0 Å². The zero-order valence-corrected chi connectivity index (χ0v) is 12.8. The number of rotatable bonds is 8. The van der Waals surface area contributed by atoms with Crippen molar-refractivity contribution in [2.24, 2.45) is 5.41 Å². The van der Waals surface area contributed by atoms with Crippen LogP contribution >= 0.6 is 0 Å². The van der Waals surface area contributed by atoms with Crippen LogP contribution in [0.1, 0.15) is 46.5 Å². The van der Waals surface area contributed by atoms with E-state index in [4.69, 9.17) is 4.74 Å². The first-order chi connectivity index (χ1) is 8.63. The Kier molecular flexibility index (Phi) is 7.20. The summed E-state index contributed by atoms with van der Waals surface area (Å²) in [7, 11) is 2.06. The average molecular weight is 256 g/mol. The molecular weight excluding hydrogens is 224 g/mol. The van der Waals surface area contributed by atoms with Crippen molar-refractivity contribution in [2.75, 3.05) is 39.8 Å². The lowest BCUT2D eigenvalue weighted by Crippen LogP contribution is -2.45. The smallest absolute Gasteiger partial charge is 0.0599 e. The van der Waals surface area contributed by atoms with Gasteiger partial charge in [0.2, 0.25) is 0 Å². The molecule has 3 heteroatoms. The van der Waals surface area contributed by atoms with Crippen LogP contribution in [0.3, 0.4) is 0 Å². The minimum atomic E-state index is 0.419. The number of piperidine rings is 1. The third kappa shape index (κ3) is 5.25. The molecule has 0 spiro atoms. The van der Waals surface area contributed by atoms with Gasteiger partial charge in [0.1, 0.15) is 0 Å². The lowest BCUT2D eigenvalue weighted by molar-refractivity contribution is 0.00458. The second-order valence-electron chi connectivity index (χ2n) is 6.02. The van der Waals surface area contributed by atoms with Crippen molar-refractivity contribution < 1.29 is 4.74 Å². The van der Waals surface area contributed by atoms with Crippen LogP contribution in [0.25, 0.3) is 0 Å². The summed E-state index contributed by atoms with van der Waals surface area (Å²) < 4.78 is 5.72. The maximum atomic E-state index is 5.72. The molecule has 1 saturated heterocycles. The standard InChI is InChI=1S/C15H32N2O/c1-5-9-15(3,12-16-4)13-17-10-7-14(8-11-17)18-6-2/h14,16H,5-13H2,1-4H3. The fraction of sp³-hybridized carbons (Fsp3) is 1.00. The van der Waals surface area contributed by atoms with Gasteiger partial charge in [-0.25, -0.2) is 0 Å². The summed E-state index contributed by atoms with van der Waals surface area (Å²) in [5.74, 6) is 0. The maximum absolute atomic E-state index is 5.72. The molecular formula is C15H32N2O. The van der Waals surface area contributed by atoms with E-state index >= 15 is 0 Å². The highest BCUT2D eigenvalue weighted by Gasteiger charge is 2.28. The normalized spacial score (nSPS) is 22.0. The van der Waals surface area contributed by atoms with Crippen LogP contribution in [0.5, 0.6) is 0 Å². The Hall–Kier alpha value is -0.120. The Morgan fingerprint density at radius 1 is 1.28 bits per heavy atom. The van der Waals surface area contributed by atoms with Crippen molar-refractivity contribution in [1.29, 1.82) is 0 Å². The van der Waals surface area contributed by atoms with Gasteiger partial charge in [-0.05, 0) is 38.6 Å². The Morgan fingerprint density at radius 3 is 2.44 bits per heavy atom. The van der Waals surface area contributed by atoms with Crippen molar-refractivity contribution in [1.82, 2.24) is 10.2 Å². The lowest BCUT2D eigenvalue weighted by Gasteiger charge is -2.39. The van der Waals surface area contributed by atoms with Gasteiger partial charge in [0.15, 0.2) is 0 Å². The topological polar surface area (TPSA) is 24.5 Å². The number of nitrogens with one attached hydrogen (secondary N) is 1. The summed E-state index contributed by atoms with van der Waals surface area (Å²) in [5, 5.41) is 3.36. The molecule has 0 radical (unpaired) electrons. The van der Waals surface area contributed by atoms with Crippen molar-refractivity contribution in [3.05, 3.63) is 0 Å². The summed E-state index contributed by atoms with van der Waals surface area (Å²) in [5.41, 5.74) is 0.419. The molecule has 1 atom stereocenters. The second-order valence-corrected chi connectivity index (χ2v) is 6.02. The number of likely N-dealkylation sites (tertiary alicyclic amines) is 1. The summed E-state index contributed by atoms with van der Waals surface area (Å²) >= 11 is 0. The first-order valence-electron chi connectivity index (χ1n) is 7.62. The molecule has 1 N–H and O–H groups in total. The minimum Gasteiger partial charge on any atom is -0.378 e. The van der Waals surface area contributed by atoms with Gasteiger partial charge in [-0.1, -0.05) is 20.3 Å². The molecule has 1 fully saturated rings. The van der Waals surface area contributed by atoms with Crippen molar-refractivity contribution >= 4 is 0 Å². The molecule has 0 amide bonds. The Morgan fingerprint density at radius 2 is 1.94 bits per heavy atom. The van der Waals surface area contributed by atoms with E-state index in [1.54, 1.807) is 0 Å². The molecule has 0 bridgehead atoms. The fourth-order valence-corrected chi connectivity index (χ4v) is 3.26. The van der Waals surface area contributed by atoms with Gasteiger partial charge in [-0.15, -0.1) is 0 Å². The number of ether oxygens (including phenoxy) is 1. The Balaban J connectivity index is 2.37. The highest BCUT2D eigenvalue weighted by atomic mass is 16.5. The number of nitrogens with zero attached hydrogens (tertiary/aromatic N) is 1. The molecule has 0 aromatic carbocycles. The summed E-state index contributed by atoms with van der Waals surface area (Å²) in [6.45, 7) is 12.4. The van der Waals surface area contributed by atoms with Crippen molar-refractivity contribution in [3.63, 3.8) is 0 Å². The Bertz CT molecular complexity index is 207. The number of hydrogen-bond donors (Lipinski definition) is 1. The van der Waals surface area contributed by atoms with E-state index in [1.165, 1.54) is 45.3 Å². The summed E-state index contributed by atoms with van der Waals surface area (Å²) in [6.07, 6.45) is 5.49. The molecule has 1 heterocycles. The summed E-state index contributed by atoms with van der Waals surface area (Å²) in [6, 6.07) is 0. The zero-order chi connectivity index (χ0) is 13.4. The van der Waals surface area contributed by atoms with Gasteiger partial charge < -0.3 is 15.0 Å². The molecule has 18 heavy (non-hydrogen) atoms. The van der Waals surface area contributed by atoms with Crippen LogP contribution in [0.15, 0.2) is 0 Å². The molecule has 108 valence electrons. The predicted octanol–water partition coefficient (Wildman–Crippen LogP) is 2.51. The second kappa shape index (κ2) is 8.13. The van der Waals surface area contributed by atoms with E-state index in [0.717, 1.165) is 13.2 Å². The molecule has 1 unspecified atom stereocenters. The highest BCUT2D eigenvalue weighted by molar-refractivity contribution is 4.83. The molecule has 1 aliphatic heterocycles. The molecule has 0 aromatic rings. The van der Waals surface area contributed by atoms with E-state index in [2.05, 4.69) is 38.0 Å². The van der Waals surface area contributed by atoms with Gasteiger partial charge in [-0.3, -0.25) is 0 Å². The maximum Gasteiger partial charge on any atom is 0.0599 e. The largest absolute Gasteiger partial charge is 0.378 e. The fourth-order valence-electron chi connectivity index (χ4n) is 3.26. The van der Waals surface area contributed by atoms with Crippen LogP contribution in [-0.4, -0.2) is 50.8 Å². The SMILES string of the molecule is CCCC(C)(CNC)CN1CCC(OCC)CC1. The van der Waals surface area contributed by atoms with E-state index in [9.17, 15) is 0 Å². The molecule has 0 aliphatic carbocycles. The third-order valence-corrected chi connectivity index (χ3v) is 4.00. The van der Waals surface area contributed by atoms with E-state index in [1.807, 2.05) is 0 Å². The van der Waals surface area contributed by atoms with Gasteiger partial charge in [0.05, 0.1) is 6.10 Å². The quantitative estimate of drug-likeness (QED) is 0.722. The van der Waals surface area contributed by atoms with Crippen molar-refractivity contribution in [3.8, 4) is 0 Å². The first kappa shape index (κ1) is 15.9. The lowest BCUT2D eigenvalue weighted by atomic mass is 9.84. The van der Waals surface area contributed by atoms with Gasteiger partial charge in [0, 0.05) is 32.8 Å². The third-order valence-electron chi connectivity index (χ3n) is 4.00. The van der Waals surface area contributed by atoms with Crippen LogP contribution < -0.4 is 5.32 Å². The van der Waals surface area contributed by atoms with Crippen LogP contribution in [0.4, 0.5) is 0 Å². The molecule has 3 nitrogen and oxygen atoms in total. The molecule has 1 aliphatic rings. The van der Waals surface area contributed by atoms with E-state index in [-0.39, 0.29) is 0 Å². The van der Waals surface area contributed by atoms with Crippen LogP contribution in [0.2, 0.25) is 0 Å². The highest BCUT2D eigenvalue weighted by Crippen LogP contribution is 2.26. The van der Waals surface area contributed by atoms with E-state index in [0.29, 0.717) is 11.5 Å². The minimum absolute atomic E-state index is 0.419. The van der Waals surface area contributed by atoms with Gasteiger partial charge in [0.25, 0.3) is 0 Å². The van der Waals surface area contributed by atoms with Gasteiger partial charge >= 0.3 is 0 Å². The van der Waals surface area contributed by atoms with Crippen LogP contribution in [0, 0.1) is 5.41 Å². The first-order valence-corrected chi connectivity index (χ1v) is 7.62. The summed E-state index contributed by atoms with van der Waals surface area (Å²) in [4.78, 5) is 2.63. The average Bonchev–Trinajstić information content (AvgIpc) is 2.32. The van der Waals surface area contributed by atoms with Crippen molar-refractivity contribution in [2.45, 2.75) is 52.6 Å². The predicted molar refractivity (Wildman–Crippen MR) is 78.0 cm³/mol. The van der Waals surface area contributed by atoms with Crippen LogP contribution in [-0.2, 0) is 4.74 Å². The number of hydrogen-bond acceptors (Lipinski definition) is 3. The zero-order valence-electron chi connectivity index (χ0n) is 12.8. The molecule has 1 rings (SSSR count). The molecule has 0 saturated carbocycles. The Labute approximate surface area is 113 Å². The van der Waals surface area contributed by atoms with E-state index < -0.39 is 0 Å².